The molecule has 1 atom stereocenters. The van der Waals surface area contributed by atoms with E-state index in [1.807, 2.05) is 0 Å². The van der Waals surface area contributed by atoms with Gasteiger partial charge >= 0.3 is 12.3 Å². The molecule has 4 rings (SSSR count). The predicted octanol–water partition coefficient (Wildman–Crippen LogP) is 7.18. The quantitative estimate of drug-likeness (QED) is 0.253. The number of Topliss-reactive ketones (excluding diaryl/α,β-unsaturated/α-hetero) is 1. The Balaban J connectivity index is 1.57. The number of hydrogen-bond donors (Lipinski definition) is 0. The average molecular weight is 576 g/mol. The first-order valence-corrected chi connectivity index (χ1v) is 13.2. The summed E-state index contributed by atoms with van der Waals surface area (Å²) in [6.07, 6.45) is -1.06. The topological polar surface area (TPSA) is 74.6 Å². The summed E-state index contributed by atoms with van der Waals surface area (Å²) >= 11 is 6.01. The van der Waals surface area contributed by atoms with Crippen LogP contribution in [0.4, 0.5) is 13.2 Å². The standard InChI is InChI=1S/C30H29ClF3NO5/c1-29(2,3)40-28(38)20-8-6-19(7-9-20)15-25(36)24(14-18-4-5-18)35-13-12-21(16-27(35)37)23-17-22(31)10-11-26(23)39-30(32,33)34/h6-13,16-18,24H,4-5,14-15H2,1-3H3. The van der Waals surface area contributed by atoms with Gasteiger partial charge in [-0.05, 0) is 80.6 Å². The normalized spacial score (nSPS) is 14.5. The highest BCUT2D eigenvalue weighted by Crippen LogP contribution is 2.38. The molecule has 212 valence electrons. The fourth-order valence-electron chi connectivity index (χ4n) is 4.34. The number of pyridine rings is 1. The van der Waals surface area contributed by atoms with Gasteiger partial charge in [0.1, 0.15) is 11.4 Å². The number of carbonyl (C=O) groups excluding carboxylic acids is 2. The van der Waals surface area contributed by atoms with Crippen LogP contribution < -0.4 is 10.3 Å². The summed E-state index contributed by atoms with van der Waals surface area (Å²) in [6, 6.07) is 12.1. The van der Waals surface area contributed by atoms with Crippen LogP contribution in [0.25, 0.3) is 11.1 Å². The maximum Gasteiger partial charge on any atom is 0.573 e. The Labute approximate surface area is 234 Å². The molecule has 3 aromatic rings. The number of hydrogen-bond acceptors (Lipinski definition) is 5. The molecule has 0 radical (unpaired) electrons. The number of benzene rings is 2. The molecule has 0 spiro atoms. The lowest BCUT2D eigenvalue weighted by atomic mass is 9.98. The number of halogens is 4. The molecule has 1 unspecified atom stereocenters. The van der Waals surface area contributed by atoms with Crippen LogP contribution in [0.3, 0.4) is 0 Å². The Morgan fingerprint density at radius 2 is 1.70 bits per heavy atom. The number of alkyl halides is 3. The maximum absolute atomic E-state index is 13.4. The second-order valence-corrected chi connectivity index (χ2v) is 11.3. The van der Waals surface area contributed by atoms with Gasteiger partial charge in [0.15, 0.2) is 5.78 Å². The lowest BCUT2D eigenvalue weighted by molar-refractivity contribution is -0.274. The molecule has 40 heavy (non-hydrogen) atoms. The Kier molecular flexibility index (Phi) is 8.44. The first kappa shape index (κ1) is 29.4. The van der Waals surface area contributed by atoms with Gasteiger partial charge in [0.05, 0.1) is 11.6 Å². The van der Waals surface area contributed by atoms with Gasteiger partial charge in [-0.3, -0.25) is 9.59 Å². The van der Waals surface area contributed by atoms with Gasteiger partial charge in [0.25, 0.3) is 5.56 Å². The summed E-state index contributed by atoms with van der Waals surface area (Å²) in [5.74, 6) is -0.827. The van der Waals surface area contributed by atoms with E-state index in [4.69, 9.17) is 16.3 Å². The van der Waals surface area contributed by atoms with E-state index in [1.165, 1.54) is 35.0 Å². The van der Waals surface area contributed by atoms with Crippen LogP contribution in [0.2, 0.25) is 5.02 Å². The Hall–Kier alpha value is -3.59. The summed E-state index contributed by atoms with van der Waals surface area (Å²) in [7, 11) is 0. The minimum absolute atomic E-state index is 0.00391. The third-order valence-corrected chi connectivity index (χ3v) is 6.59. The van der Waals surface area contributed by atoms with E-state index in [2.05, 4.69) is 4.74 Å². The number of ether oxygens (including phenoxy) is 2. The summed E-state index contributed by atoms with van der Waals surface area (Å²) in [5, 5.41) is 0.174. The van der Waals surface area contributed by atoms with E-state index < -0.39 is 35.3 Å². The van der Waals surface area contributed by atoms with Crippen molar-refractivity contribution in [3.8, 4) is 16.9 Å². The minimum atomic E-state index is -4.93. The average Bonchev–Trinajstić information content (AvgIpc) is 3.67. The molecule has 1 fully saturated rings. The van der Waals surface area contributed by atoms with Crippen molar-refractivity contribution in [2.24, 2.45) is 5.92 Å². The number of aromatic nitrogens is 1. The number of ketones is 1. The van der Waals surface area contributed by atoms with Crippen molar-refractivity contribution in [1.82, 2.24) is 4.57 Å². The highest BCUT2D eigenvalue weighted by atomic mass is 35.5. The monoisotopic (exact) mass is 575 g/mol. The predicted molar refractivity (Wildman–Crippen MR) is 145 cm³/mol. The van der Waals surface area contributed by atoms with Crippen molar-refractivity contribution in [3.05, 3.63) is 87.3 Å². The molecule has 0 N–H and O–H groups in total. The van der Waals surface area contributed by atoms with Gasteiger partial charge in [-0.15, -0.1) is 13.2 Å². The number of esters is 1. The summed E-state index contributed by atoms with van der Waals surface area (Å²) in [5.41, 5.74) is 0.0554. The summed E-state index contributed by atoms with van der Waals surface area (Å²) in [4.78, 5) is 38.9. The molecular weight excluding hydrogens is 547 g/mol. The molecule has 6 nitrogen and oxygen atoms in total. The van der Waals surface area contributed by atoms with Crippen molar-refractivity contribution in [2.45, 2.75) is 64.5 Å². The van der Waals surface area contributed by atoms with Crippen LogP contribution in [-0.2, 0) is 16.0 Å². The van der Waals surface area contributed by atoms with Gasteiger partial charge in [-0.1, -0.05) is 36.6 Å². The Morgan fingerprint density at radius 3 is 2.27 bits per heavy atom. The lowest BCUT2D eigenvalue weighted by Gasteiger charge is -2.20. The van der Waals surface area contributed by atoms with E-state index >= 15 is 0 Å². The molecular formula is C30H29ClF3NO5. The van der Waals surface area contributed by atoms with Crippen LogP contribution in [0.15, 0.2) is 65.6 Å². The molecule has 0 bridgehead atoms. The number of rotatable bonds is 9. The molecule has 0 aliphatic heterocycles. The van der Waals surface area contributed by atoms with Crippen LogP contribution in [0.1, 0.15) is 62.0 Å². The van der Waals surface area contributed by atoms with Gasteiger partial charge in [0.2, 0.25) is 0 Å². The largest absolute Gasteiger partial charge is 0.573 e. The fourth-order valence-corrected chi connectivity index (χ4v) is 4.51. The minimum Gasteiger partial charge on any atom is -0.456 e. The van der Waals surface area contributed by atoms with E-state index in [0.29, 0.717) is 23.5 Å². The van der Waals surface area contributed by atoms with Crippen molar-refractivity contribution in [2.75, 3.05) is 0 Å². The van der Waals surface area contributed by atoms with E-state index in [1.54, 1.807) is 45.0 Å². The SMILES string of the molecule is CC(C)(C)OC(=O)c1ccc(CC(=O)C(CC2CC2)n2ccc(-c3cc(Cl)ccc3OC(F)(F)F)cc2=O)cc1. The van der Waals surface area contributed by atoms with Crippen LogP contribution >= 0.6 is 11.6 Å². The molecule has 1 heterocycles. The van der Waals surface area contributed by atoms with Gasteiger partial charge in [-0.2, -0.15) is 0 Å². The zero-order valence-electron chi connectivity index (χ0n) is 22.3. The van der Waals surface area contributed by atoms with Crippen molar-refractivity contribution < 1.29 is 32.2 Å². The molecule has 2 aromatic carbocycles. The molecule has 0 amide bonds. The smallest absolute Gasteiger partial charge is 0.456 e. The molecule has 1 aromatic heterocycles. The Morgan fingerprint density at radius 1 is 1.02 bits per heavy atom. The van der Waals surface area contributed by atoms with E-state index in [-0.39, 0.29) is 28.4 Å². The van der Waals surface area contributed by atoms with Crippen molar-refractivity contribution in [3.63, 3.8) is 0 Å². The second kappa shape index (κ2) is 11.5. The first-order chi connectivity index (χ1) is 18.7. The second-order valence-electron chi connectivity index (χ2n) is 10.9. The number of carbonyl (C=O) groups is 2. The summed E-state index contributed by atoms with van der Waals surface area (Å²) in [6.45, 7) is 5.32. The van der Waals surface area contributed by atoms with E-state index in [9.17, 15) is 27.6 Å². The molecule has 1 aliphatic rings. The maximum atomic E-state index is 13.4. The Bertz CT molecular complexity index is 1450. The van der Waals surface area contributed by atoms with Gasteiger partial charge in [-0.25, -0.2) is 4.79 Å². The fraction of sp³-hybridized carbons (Fsp3) is 0.367. The van der Waals surface area contributed by atoms with Crippen LogP contribution in [0, 0.1) is 5.92 Å². The molecule has 0 saturated heterocycles. The van der Waals surface area contributed by atoms with Crippen LogP contribution in [0.5, 0.6) is 5.75 Å². The molecule has 10 heteroatoms. The zero-order valence-corrected chi connectivity index (χ0v) is 23.0. The van der Waals surface area contributed by atoms with Crippen LogP contribution in [-0.4, -0.2) is 28.3 Å². The lowest BCUT2D eigenvalue weighted by Crippen LogP contribution is -2.30. The van der Waals surface area contributed by atoms with Gasteiger partial charge in [0, 0.05) is 29.3 Å². The zero-order chi connectivity index (χ0) is 29.2. The molecule has 1 aliphatic carbocycles. The van der Waals surface area contributed by atoms with Crippen molar-refractivity contribution >= 4 is 23.4 Å². The highest BCUT2D eigenvalue weighted by molar-refractivity contribution is 6.31. The van der Waals surface area contributed by atoms with E-state index in [0.717, 1.165) is 18.9 Å². The third kappa shape index (κ3) is 7.97. The van der Waals surface area contributed by atoms with Gasteiger partial charge < -0.3 is 14.0 Å². The third-order valence-electron chi connectivity index (χ3n) is 6.35. The summed E-state index contributed by atoms with van der Waals surface area (Å²) < 4.78 is 49.6. The first-order valence-electron chi connectivity index (χ1n) is 12.8. The highest BCUT2D eigenvalue weighted by Gasteiger charge is 2.33. The molecule has 1 saturated carbocycles. The van der Waals surface area contributed by atoms with Crippen molar-refractivity contribution in [1.29, 1.82) is 0 Å². The number of nitrogens with zero attached hydrogens (tertiary/aromatic N) is 1.